The van der Waals surface area contributed by atoms with Crippen LogP contribution in [0, 0.1) is 11.7 Å². The predicted octanol–water partition coefficient (Wildman–Crippen LogP) is 4.28. The largest absolute Gasteiger partial charge is 0.496 e. The molecule has 0 saturated heterocycles. The minimum atomic E-state index is -1.47. The molecule has 2 atom stereocenters. The fraction of sp³-hybridized carbons (Fsp3) is 0.333. The molecule has 1 heterocycles. The summed E-state index contributed by atoms with van der Waals surface area (Å²) in [6, 6.07) is 6.80. The van der Waals surface area contributed by atoms with Crippen LogP contribution in [0.5, 0.6) is 5.75 Å². The maximum Gasteiger partial charge on any atom is 0.200 e. The molecule has 2 N–H and O–H groups in total. The molecule has 2 aromatic carbocycles. The number of carbonyl (C=O) groups is 1. The van der Waals surface area contributed by atoms with Crippen LogP contribution in [-0.2, 0) is 0 Å². The van der Waals surface area contributed by atoms with Gasteiger partial charge in [0.15, 0.2) is 11.2 Å². The van der Waals surface area contributed by atoms with E-state index in [1.807, 2.05) is 13.8 Å². The average Bonchev–Trinajstić information content (AvgIpc) is 2.75. The number of aromatic nitrogens is 1. The molecule has 0 saturated carbocycles. The Morgan fingerprint density at radius 1 is 1.25 bits per heavy atom. The Morgan fingerprint density at radius 2 is 1.94 bits per heavy atom. The Kier molecular flexibility index (Phi) is 7.03. The number of Topliss-reactive ketones (excluding diaryl/α,β-unsaturated/α-hetero) is 1. The maximum absolute atomic E-state index is 14.6. The van der Waals surface area contributed by atoms with Crippen molar-refractivity contribution in [3.8, 4) is 5.75 Å². The van der Waals surface area contributed by atoms with E-state index in [4.69, 9.17) is 16.3 Å². The molecule has 0 radical (unpaired) electrons. The van der Waals surface area contributed by atoms with Crippen LogP contribution in [0.1, 0.15) is 54.4 Å². The van der Waals surface area contributed by atoms with E-state index in [-0.39, 0.29) is 45.4 Å². The van der Waals surface area contributed by atoms with Gasteiger partial charge < -0.3 is 19.5 Å². The summed E-state index contributed by atoms with van der Waals surface area (Å²) in [5.74, 6) is -1.00. The highest BCUT2D eigenvalue weighted by Crippen LogP contribution is 2.36. The van der Waals surface area contributed by atoms with Crippen LogP contribution < -0.4 is 10.2 Å². The second-order valence-corrected chi connectivity index (χ2v) is 8.39. The van der Waals surface area contributed by atoms with Gasteiger partial charge in [0.1, 0.15) is 17.7 Å². The summed E-state index contributed by atoms with van der Waals surface area (Å²) < 4.78 is 21.7. The molecule has 3 aromatic rings. The first-order valence-corrected chi connectivity index (χ1v) is 10.5. The van der Waals surface area contributed by atoms with Crippen LogP contribution in [0.2, 0.25) is 5.02 Å². The van der Waals surface area contributed by atoms with E-state index in [0.29, 0.717) is 5.52 Å². The highest BCUT2D eigenvalue weighted by Gasteiger charge is 2.25. The molecular formula is C24H25ClFNO5. The van der Waals surface area contributed by atoms with Gasteiger partial charge in [-0.05, 0) is 25.0 Å². The Bertz CT molecular complexity index is 1240. The van der Waals surface area contributed by atoms with Crippen molar-refractivity contribution in [1.29, 1.82) is 0 Å². The summed E-state index contributed by atoms with van der Waals surface area (Å²) >= 11 is 5.86. The van der Waals surface area contributed by atoms with Gasteiger partial charge in [0.2, 0.25) is 0 Å². The number of fused-ring (bicyclic) bond motifs is 1. The topological polar surface area (TPSA) is 88.8 Å². The van der Waals surface area contributed by atoms with Gasteiger partial charge in [0.05, 0.1) is 35.9 Å². The van der Waals surface area contributed by atoms with Gasteiger partial charge in [0.25, 0.3) is 0 Å². The molecule has 170 valence electrons. The molecule has 0 aliphatic heterocycles. The van der Waals surface area contributed by atoms with Crippen LogP contribution in [0.25, 0.3) is 10.9 Å². The van der Waals surface area contributed by atoms with E-state index in [9.17, 15) is 24.2 Å². The molecule has 3 rings (SSSR count). The SMILES string of the molecule is COc1cc2c(cc1C(O)c1cccc(Cl)c1F)c(=O)c(C(C)=O)cn2[C@H](CO)C(C)C. The van der Waals surface area contributed by atoms with Crippen molar-refractivity contribution in [3.05, 3.63) is 74.3 Å². The quantitative estimate of drug-likeness (QED) is 0.513. The number of methoxy groups -OCH3 is 1. The molecule has 0 aliphatic rings. The van der Waals surface area contributed by atoms with Crippen LogP contribution in [0.4, 0.5) is 4.39 Å². The van der Waals surface area contributed by atoms with Crippen LogP contribution in [-0.4, -0.2) is 34.3 Å². The fourth-order valence-electron chi connectivity index (χ4n) is 3.83. The number of ether oxygens (including phenoxy) is 1. The number of rotatable bonds is 7. The number of nitrogens with zero attached hydrogens (tertiary/aromatic N) is 1. The van der Waals surface area contributed by atoms with Crippen molar-refractivity contribution >= 4 is 28.3 Å². The number of pyridine rings is 1. The standard InChI is InChI=1S/C24H25ClFNO5/c1-12(2)20(11-28)27-10-17(13(3)29)24(31)15-8-16(21(32-4)9-19(15)27)23(30)14-6-5-7-18(25)22(14)26/h5-10,12,20,23,28,30H,11H2,1-4H3/t20-,23?/m1/s1. The second-order valence-electron chi connectivity index (χ2n) is 7.99. The molecule has 0 spiro atoms. The summed E-state index contributed by atoms with van der Waals surface area (Å²) in [5.41, 5.74) is -0.0700. The Hall–Kier alpha value is -2.74. The van der Waals surface area contributed by atoms with Gasteiger partial charge in [-0.2, -0.15) is 0 Å². The van der Waals surface area contributed by atoms with Gasteiger partial charge in [-0.3, -0.25) is 9.59 Å². The summed E-state index contributed by atoms with van der Waals surface area (Å²) in [6.45, 7) is 4.90. The Morgan fingerprint density at radius 3 is 2.50 bits per heavy atom. The van der Waals surface area contributed by atoms with Crippen LogP contribution in [0.15, 0.2) is 41.3 Å². The Balaban J connectivity index is 2.38. The predicted molar refractivity (Wildman–Crippen MR) is 121 cm³/mol. The summed E-state index contributed by atoms with van der Waals surface area (Å²) in [6.07, 6.45) is -0.0271. The summed E-state index contributed by atoms with van der Waals surface area (Å²) in [4.78, 5) is 25.3. The highest BCUT2D eigenvalue weighted by atomic mass is 35.5. The van der Waals surface area contributed by atoms with Crippen molar-refractivity contribution < 1.29 is 24.1 Å². The van der Waals surface area contributed by atoms with Crippen molar-refractivity contribution in [2.45, 2.75) is 32.9 Å². The van der Waals surface area contributed by atoms with Gasteiger partial charge in [-0.15, -0.1) is 0 Å². The third kappa shape index (κ3) is 4.16. The number of benzene rings is 2. The lowest BCUT2D eigenvalue weighted by Crippen LogP contribution is -2.25. The second kappa shape index (κ2) is 9.40. The van der Waals surface area contributed by atoms with Crippen molar-refractivity contribution in [2.24, 2.45) is 5.92 Å². The molecular weight excluding hydrogens is 437 g/mol. The van der Waals surface area contributed by atoms with Crippen molar-refractivity contribution in [3.63, 3.8) is 0 Å². The molecule has 0 aliphatic carbocycles. The maximum atomic E-state index is 14.6. The lowest BCUT2D eigenvalue weighted by Gasteiger charge is -2.26. The molecule has 32 heavy (non-hydrogen) atoms. The van der Waals surface area contributed by atoms with Crippen molar-refractivity contribution in [1.82, 2.24) is 4.57 Å². The molecule has 6 nitrogen and oxygen atoms in total. The smallest absolute Gasteiger partial charge is 0.200 e. The number of ketones is 1. The molecule has 1 unspecified atom stereocenters. The van der Waals surface area contributed by atoms with Gasteiger partial charge in [-0.1, -0.05) is 37.6 Å². The van der Waals surface area contributed by atoms with Gasteiger partial charge >= 0.3 is 0 Å². The van der Waals surface area contributed by atoms with Crippen molar-refractivity contribution in [2.75, 3.05) is 13.7 Å². The van der Waals surface area contributed by atoms with Crippen LogP contribution in [0.3, 0.4) is 0 Å². The number of carbonyl (C=O) groups excluding carboxylic acids is 1. The number of hydrogen-bond acceptors (Lipinski definition) is 5. The minimum absolute atomic E-state index is 0.0117. The summed E-state index contributed by atoms with van der Waals surface area (Å²) in [5, 5.41) is 20.9. The lowest BCUT2D eigenvalue weighted by molar-refractivity contribution is 0.101. The third-order valence-corrected chi connectivity index (χ3v) is 5.94. The molecule has 1 aromatic heterocycles. The van der Waals surface area contributed by atoms with Gasteiger partial charge in [-0.25, -0.2) is 4.39 Å². The van der Waals surface area contributed by atoms with Crippen LogP contribution >= 0.6 is 11.6 Å². The minimum Gasteiger partial charge on any atom is -0.496 e. The molecule has 0 fully saturated rings. The number of halogens is 2. The Labute approximate surface area is 189 Å². The molecule has 0 amide bonds. The van der Waals surface area contributed by atoms with E-state index in [1.54, 1.807) is 10.6 Å². The molecule has 0 bridgehead atoms. The highest BCUT2D eigenvalue weighted by molar-refractivity contribution is 6.30. The number of aliphatic hydroxyl groups is 2. The normalized spacial score (nSPS) is 13.4. The first kappa shape index (κ1) is 23.9. The van der Waals surface area contributed by atoms with E-state index >= 15 is 0 Å². The molecule has 8 heteroatoms. The average molecular weight is 462 g/mol. The third-order valence-electron chi connectivity index (χ3n) is 5.65. The van der Waals surface area contributed by atoms with E-state index in [2.05, 4.69) is 0 Å². The zero-order valence-corrected chi connectivity index (χ0v) is 19.0. The first-order valence-electron chi connectivity index (χ1n) is 10.1. The zero-order valence-electron chi connectivity index (χ0n) is 18.2. The first-order chi connectivity index (χ1) is 15.1. The number of hydrogen-bond donors (Lipinski definition) is 2. The summed E-state index contributed by atoms with van der Waals surface area (Å²) in [7, 11) is 1.39. The zero-order chi connectivity index (χ0) is 23.7. The lowest BCUT2D eigenvalue weighted by atomic mass is 9.96. The van der Waals surface area contributed by atoms with E-state index in [1.165, 1.54) is 44.5 Å². The number of aliphatic hydroxyl groups excluding tert-OH is 2. The monoisotopic (exact) mass is 461 g/mol. The fourth-order valence-corrected chi connectivity index (χ4v) is 4.01. The van der Waals surface area contributed by atoms with Gasteiger partial charge in [0, 0.05) is 28.8 Å². The van der Waals surface area contributed by atoms with E-state index < -0.39 is 29.2 Å². The van der Waals surface area contributed by atoms with E-state index in [0.717, 1.165) is 0 Å².